The van der Waals surface area contributed by atoms with Crippen molar-refractivity contribution in [2.24, 2.45) is 0 Å². The van der Waals surface area contributed by atoms with Gasteiger partial charge in [-0.15, -0.1) is 0 Å². The van der Waals surface area contributed by atoms with Gasteiger partial charge >= 0.3 is 6.03 Å². The summed E-state index contributed by atoms with van der Waals surface area (Å²) in [6.07, 6.45) is 0. The molecule has 2 rings (SSSR count). The Bertz CT molecular complexity index is 470. The number of nitrogens with two attached hydrogens (primary N) is 1. The van der Waals surface area contributed by atoms with Crippen molar-refractivity contribution in [3.05, 3.63) is 23.0 Å². The Labute approximate surface area is 109 Å². The number of nitrogen functional groups attached to an aromatic ring is 1. The Hall–Kier alpha value is -1.69. The molecule has 0 unspecified atom stereocenters. The first-order valence-electron chi connectivity index (χ1n) is 5.48. The fraction of sp³-hybridized carbons (Fsp3) is 0.364. The second kappa shape index (κ2) is 5.30. The minimum atomic E-state index is -0.576. The molecule has 0 bridgehead atoms. The molecule has 1 aliphatic rings. The molecule has 1 fully saturated rings. The smallest absolute Gasteiger partial charge is 0.317 e. The Balaban J connectivity index is 1.90. The Kier molecular flexibility index (Phi) is 3.76. The molecule has 0 radical (unpaired) electrons. The second-order valence-electron chi connectivity index (χ2n) is 3.87. The number of carbonyl (C=O) groups is 1. The van der Waals surface area contributed by atoms with Crippen molar-refractivity contribution >= 4 is 23.3 Å². The van der Waals surface area contributed by atoms with Crippen molar-refractivity contribution in [1.82, 2.24) is 10.2 Å². The van der Waals surface area contributed by atoms with E-state index < -0.39 is 5.82 Å². The number of nitrogens with zero attached hydrogens (tertiary/aromatic N) is 1. The molecule has 7 heteroatoms. The van der Waals surface area contributed by atoms with Crippen LogP contribution in [0.1, 0.15) is 0 Å². The maximum absolute atomic E-state index is 13.2. The summed E-state index contributed by atoms with van der Waals surface area (Å²) in [6, 6.07) is 2.32. The summed E-state index contributed by atoms with van der Waals surface area (Å²) in [5.41, 5.74) is 5.34. The maximum Gasteiger partial charge on any atom is 0.317 e. The minimum absolute atomic E-state index is 0.0220. The van der Waals surface area contributed by atoms with Crippen LogP contribution >= 0.6 is 11.6 Å². The van der Waals surface area contributed by atoms with Crippen LogP contribution in [0.4, 0.5) is 14.9 Å². The molecule has 1 aromatic carbocycles. The highest BCUT2D eigenvalue weighted by molar-refractivity contribution is 6.32. The number of rotatable bonds is 4. The molecule has 1 heterocycles. The van der Waals surface area contributed by atoms with Crippen molar-refractivity contribution < 1.29 is 13.9 Å². The van der Waals surface area contributed by atoms with Crippen molar-refractivity contribution in [2.75, 3.05) is 32.0 Å². The van der Waals surface area contributed by atoms with E-state index in [0.29, 0.717) is 19.6 Å². The van der Waals surface area contributed by atoms with Gasteiger partial charge in [-0.25, -0.2) is 9.18 Å². The van der Waals surface area contributed by atoms with Crippen LogP contribution in [0, 0.1) is 5.82 Å². The van der Waals surface area contributed by atoms with Crippen LogP contribution in [0.15, 0.2) is 12.1 Å². The summed E-state index contributed by atoms with van der Waals surface area (Å²) in [6.45, 7) is 1.95. The van der Waals surface area contributed by atoms with Gasteiger partial charge in [-0.2, -0.15) is 0 Å². The molecule has 3 N–H and O–H groups in total. The number of hydrogen-bond acceptors (Lipinski definition) is 3. The number of hydrogen-bond donors (Lipinski definition) is 2. The highest BCUT2D eigenvalue weighted by Crippen LogP contribution is 2.28. The fourth-order valence-corrected chi connectivity index (χ4v) is 1.87. The van der Waals surface area contributed by atoms with E-state index in [4.69, 9.17) is 22.1 Å². The lowest BCUT2D eigenvalue weighted by molar-refractivity contribution is 0.202. The molecule has 5 nitrogen and oxygen atoms in total. The lowest BCUT2D eigenvalue weighted by Gasteiger charge is -2.15. The summed E-state index contributed by atoms with van der Waals surface area (Å²) in [5.74, 6) is -0.351. The van der Waals surface area contributed by atoms with Gasteiger partial charge in [0.15, 0.2) is 0 Å². The zero-order valence-corrected chi connectivity index (χ0v) is 10.3. The first-order chi connectivity index (χ1) is 8.58. The average Bonchev–Trinajstić information content (AvgIpc) is 2.72. The second-order valence-corrected chi connectivity index (χ2v) is 4.28. The molecule has 1 aromatic rings. The van der Waals surface area contributed by atoms with Gasteiger partial charge < -0.3 is 20.7 Å². The van der Waals surface area contributed by atoms with Crippen LogP contribution in [-0.2, 0) is 0 Å². The molecular weight excluding hydrogens is 261 g/mol. The number of halogens is 2. The first kappa shape index (κ1) is 12.8. The molecule has 98 valence electrons. The van der Waals surface area contributed by atoms with Crippen LogP contribution in [-0.4, -0.2) is 37.2 Å². The van der Waals surface area contributed by atoms with E-state index in [9.17, 15) is 9.18 Å². The molecule has 2 amide bonds. The zero-order chi connectivity index (χ0) is 13.1. The molecule has 0 atom stereocenters. The number of urea groups is 1. The SMILES string of the molecule is Nc1cc(Cl)c(OCCN2CCNC2=O)cc1F. The predicted molar refractivity (Wildman–Crippen MR) is 66.3 cm³/mol. The Morgan fingerprint density at radius 2 is 2.33 bits per heavy atom. The van der Waals surface area contributed by atoms with Crippen molar-refractivity contribution in [3.8, 4) is 5.75 Å². The fourth-order valence-electron chi connectivity index (χ4n) is 1.64. The summed E-state index contributed by atoms with van der Waals surface area (Å²) in [4.78, 5) is 12.9. The van der Waals surface area contributed by atoms with Gasteiger partial charge in [-0.1, -0.05) is 11.6 Å². The Morgan fingerprint density at radius 3 is 3.00 bits per heavy atom. The third-order valence-corrected chi connectivity index (χ3v) is 2.91. The van der Waals surface area contributed by atoms with E-state index >= 15 is 0 Å². The lowest BCUT2D eigenvalue weighted by Crippen LogP contribution is -2.31. The summed E-state index contributed by atoms with van der Waals surface area (Å²) < 4.78 is 18.5. The van der Waals surface area contributed by atoms with E-state index in [-0.39, 0.29) is 29.1 Å². The molecule has 0 spiro atoms. The van der Waals surface area contributed by atoms with E-state index in [1.54, 1.807) is 4.90 Å². The Morgan fingerprint density at radius 1 is 1.56 bits per heavy atom. The third-order valence-electron chi connectivity index (χ3n) is 2.62. The predicted octanol–water partition coefficient (Wildman–Crippen LogP) is 1.47. The van der Waals surface area contributed by atoms with Crippen LogP contribution in [0.25, 0.3) is 0 Å². The van der Waals surface area contributed by atoms with Gasteiger partial charge in [-0.05, 0) is 6.07 Å². The number of benzene rings is 1. The lowest BCUT2D eigenvalue weighted by atomic mass is 10.3. The van der Waals surface area contributed by atoms with Crippen LogP contribution in [0.3, 0.4) is 0 Å². The van der Waals surface area contributed by atoms with E-state index in [1.165, 1.54) is 6.07 Å². The zero-order valence-electron chi connectivity index (χ0n) is 9.58. The standard InChI is InChI=1S/C11H13ClFN3O2/c12-7-5-9(14)8(13)6-10(7)18-4-3-16-2-1-15-11(16)17/h5-6H,1-4,14H2,(H,15,17). The van der Waals surface area contributed by atoms with E-state index in [2.05, 4.69) is 5.32 Å². The molecular formula is C11H13ClFN3O2. The molecule has 0 saturated carbocycles. The molecule has 1 saturated heterocycles. The normalized spacial score (nSPS) is 14.8. The van der Waals surface area contributed by atoms with E-state index in [1.807, 2.05) is 0 Å². The molecule has 0 aromatic heterocycles. The van der Waals surface area contributed by atoms with Crippen molar-refractivity contribution in [2.45, 2.75) is 0 Å². The highest BCUT2D eigenvalue weighted by Gasteiger charge is 2.19. The first-order valence-corrected chi connectivity index (χ1v) is 5.86. The summed E-state index contributed by atoms with van der Waals surface area (Å²) in [5, 5.41) is 2.92. The maximum atomic E-state index is 13.2. The monoisotopic (exact) mass is 273 g/mol. The number of ether oxygens (including phenoxy) is 1. The average molecular weight is 274 g/mol. The summed E-state index contributed by atoms with van der Waals surface area (Å²) in [7, 11) is 0. The van der Waals surface area contributed by atoms with Gasteiger partial charge in [0.05, 0.1) is 17.3 Å². The van der Waals surface area contributed by atoms with Crippen LogP contribution in [0.2, 0.25) is 5.02 Å². The van der Waals surface area contributed by atoms with Gasteiger partial charge in [-0.3, -0.25) is 0 Å². The number of nitrogens with one attached hydrogen (secondary N) is 1. The van der Waals surface area contributed by atoms with Gasteiger partial charge in [0.1, 0.15) is 18.2 Å². The molecule has 0 aliphatic carbocycles. The third kappa shape index (κ3) is 2.76. The topological polar surface area (TPSA) is 67.6 Å². The minimum Gasteiger partial charge on any atom is -0.490 e. The van der Waals surface area contributed by atoms with Crippen molar-refractivity contribution in [1.29, 1.82) is 0 Å². The number of amides is 2. The van der Waals surface area contributed by atoms with Crippen molar-refractivity contribution in [3.63, 3.8) is 0 Å². The number of carbonyl (C=O) groups excluding carboxylic acids is 1. The largest absolute Gasteiger partial charge is 0.490 e. The van der Waals surface area contributed by atoms with E-state index in [0.717, 1.165) is 6.07 Å². The highest BCUT2D eigenvalue weighted by atomic mass is 35.5. The quantitative estimate of drug-likeness (QED) is 0.816. The van der Waals surface area contributed by atoms with Gasteiger partial charge in [0.2, 0.25) is 0 Å². The van der Waals surface area contributed by atoms with Gasteiger partial charge in [0.25, 0.3) is 0 Å². The molecule has 1 aliphatic heterocycles. The van der Waals surface area contributed by atoms with Gasteiger partial charge in [0, 0.05) is 19.2 Å². The summed E-state index contributed by atoms with van der Waals surface area (Å²) >= 11 is 5.86. The number of anilines is 1. The molecule has 18 heavy (non-hydrogen) atoms. The van der Waals surface area contributed by atoms with Crippen LogP contribution in [0.5, 0.6) is 5.75 Å². The van der Waals surface area contributed by atoms with Crippen LogP contribution < -0.4 is 15.8 Å².